The smallest absolute Gasteiger partial charge is 0.415 e. The quantitative estimate of drug-likeness (QED) is 0.578. The number of carbonyl (C=O) groups excluding carboxylic acids is 1. The number of hydrogen-bond donors (Lipinski definition) is 0. The molecule has 0 bridgehead atoms. The summed E-state index contributed by atoms with van der Waals surface area (Å²) in [5, 5.41) is 0. The number of hydrogen-bond acceptors (Lipinski definition) is 4. The van der Waals surface area contributed by atoms with E-state index in [0.29, 0.717) is 12.4 Å². The van der Waals surface area contributed by atoms with Crippen LogP contribution < -0.4 is 4.90 Å². The van der Waals surface area contributed by atoms with Crippen LogP contribution in [0.1, 0.15) is 12.0 Å². The lowest BCUT2D eigenvalue weighted by Crippen LogP contribution is -2.33. The van der Waals surface area contributed by atoms with E-state index >= 15 is 0 Å². The molecule has 0 unspecified atom stereocenters. The number of benzene rings is 1. The highest BCUT2D eigenvalue weighted by atomic mass is 79.9. The first kappa shape index (κ1) is 18.1. The fraction of sp³-hybridized carbons (Fsp3) is 0.211. The first-order valence-corrected chi connectivity index (χ1v) is 9.07. The summed E-state index contributed by atoms with van der Waals surface area (Å²) in [6.45, 7) is 1.49. The van der Waals surface area contributed by atoms with Gasteiger partial charge in [-0.15, -0.1) is 0 Å². The van der Waals surface area contributed by atoms with E-state index in [9.17, 15) is 4.79 Å². The van der Waals surface area contributed by atoms with Crippen LogP contribution in [0.25, 0.3) is 0 Å². The van der Waals surface area contributed by atoms with Gasteiger partial charge in [0.15, 0.2) is 0 Å². The zero-order chi connectivity index (χ0) is 18.2. The van der Waals surface area contributed by atoms with Gasteiger partial charge in [-0.3, -0.25) is 4.90 Å². The van der Waals surface area contributed by atoms with Crippen molar-refractivity contribution >= 4 is 27.8 Å². The zero-order valence-electron chi connectivity index (χ0n) is 14.2. The van der Waals surface area contributed by atoms with Crippen molar-refractivity contribution in [2.24, 2.45) is 0 Å². The molecule has 0 aliphatic heterocycles. The number of amides is 1. The van der Waals surface area contributed by atoms with E-state index in [4.69, 9.17) is 4.74 Å². The van der Waals surface area contributed by atoms with E-state index in [0.717, 1.165) is 23.0 Å². The van der Waals surface area contributed by atoms with Crippen molar-refractivity contribution in [1.29, 1.82) is 0 Å². The largest absolute Gasteiger partial charge is 0.444 e. The molecule has 0 spiro atoms. The van der Waals surface area contributed by atoms with Gasteiger partial charge in [-0.05, 0) is 40.0 Å². The lowest BCUT2D eigenvalue weighted by atomic mass is 10.2. The topological polar surface area (TPSA) is 60.2 Å². The van der Waals surface area contributed by atoms with Gasteiger partial charge in [0.2, 0.25) is 0 Å². The Bertz CT molecular complexity index is 807. The molecular formula is C19H19BrN4O2. The molecule has 0 fully saturated rings. The molecule has 0 atom stereocenters. The van der Waals surface area contributed by atoms with Gasteiger partial charge in [0.1, 0.15) is 12.4 Å². The summed E-state index contributed by atoms with van der Waals surface area (Å²) < 4.78 is 8.31. The molecule has 6 nitrogen and oxygen atoms in total. The van der Waals surface area contributed by atoms with Gasteiger partial charge in [0.05, 0.1) is 6.33 Å². The molecule has 3 aromatic rings. The van der Waals surface area contributed by atoms with Crippen LogP contribution in [0.15, 0.2) is 71.9 Å². The number of anilines is 1. The second-order valence-electron chi connectivity index (χ2n) is 5.68. The van der Waals surface area contributed by atoms with Crippen LogP contribution in [0.4, 0.5) is 10.6 Å². The molecule has 134 valence electrons. The molecule has 26 heavy (non-hydrogen) atoms. The first-order chi connectivity index (χ1) is 12.7. The van der Waals surface area contributed by atoms with Crippen molar-refractivity contribution in [3.05, 3.63) is 77.4 Å². The molecule has 7 heteroatoms. The third-order valence-corrected chi connectivity index (χ3v) is 4.24. The van der Waals surface area contributed by atoms with E-state index in [1.54, 1.807) is 29.7 Å². The minimum atomic E-state index is -0.408. The average molecular weight is 415 g/mol. The Morgan fingerprint density at radius 2 is 2.04 bits per heavy atom. The maximum absolute atomic E-state index is 12.6. The second-order valence-corrected chi connectivity index (χ2v) is 6.60. The molecular weight excluding hydrogens is 396 g/mol. The fourth-order valence-electron chi connectivity index (χ4n) is 2.45. The summed E-state index contributed by atoms with van der Waals surface area (Å²) in [6, 6.07) is 13.3. The summed E-state index contributed by atoms with van der Waals surface area (Å²) in [7, 11) is 0. The molecule has 0 radical (unpaired) electrons. The van der Waals surface area contributed by atoms with Gasteiger partial charge >= 0.3 is 6.09 Å². The summed E-state index contributed by atoms with van der Waals surface area (Å²) in [5.74, 6) is 0.567. The Balaban J connectivity index is 1.64. The van der Waals surface area contributed by atoms with E-state index in [2.05, 4.69) is 25.9 Å². The van der Waals surface area contributed by atoms with Gasteiger partial charge in [0.25, 0.3) is 0 Å². The van der Waals surface area contributed by atoms with Gasteiger partial charge < -0.3 is 9.30 Å². The number of ether oxygens (including phenoxy) is 1. The lowest BCUT2D eigenvalue weighted by Gasteiger charge is -2.21. The Morgan fingerprint density at radius 3 is 2.73 bits per heavy atom. The van der Waals surface area contributed by atoms with Crippen molar-refractivity contribution in [3.8, 4) is 0 Å². The molecule has 3 rings (SSSR count). The predicted molar refractivity (Wildman–Crippen MR) is 103 cm³/mol. The van der Waals surface area contributed by atoms with E-state index in [-0.39, 0.29) is 6.61 Å². The zero-order valence-corrected chi connectivity index (χ0v) is 15.7. The number of rotatable bonds is 7. The molecule has 2 heterocycles. The van der Waals surface area contributed by atoms with Gasteiger partial charge in [-0.2, -0.15) is 0 Å². The first-order valence-electron chi connectivity index (χ1n) is 8.28. The summed E-state index contributed by atoms with van der Waals surface area (Å²) in [5.41, 5.74) is 0.947. The lowest BCUT2D eigenvalue weighted by molar-refractivity contribution is 0.146. The number of aryl methyl sites for hydroxylation is 1. The third kappa shape index (κ3) is 5.16. The molecule has 1 aromatic carbocycles. The Labute approximate surface area is 160 Å². The van der Waals surface area contributed by atoms with Crippen LogP contribution >= 0.6 is 15.9 Å². The van der Waals surface area contributed by atoms with E-state index < -0.39 is 6.09 Å². The Hall–Kier alpha value is -2.67. The SMILES string of the molecule is O=C(OCc1ccccc1)N(CCCn1ccnc1)c1ccc(Br)cn1. The van der Waals surface area contributed by atoms with Gasteiger partial charge in [0, 0.05) is 36.2 Å². The molecule has 0 aliphatic carbocycles. The van der Waals surface area contributed by atoms with Crippen molar-refractivity contribution < 1.29 is 9.53 Å². The van der Waals surface area contributed by atoms with Crippen molar-refractivity contribution in [3.63, 3.8) is 0 Å². The summed E-state index contributed by atoms with van der Waals surface area (Å²) >= 11 is 3.36. The average Bonchev–Trinajstić information content (AvgIpc) is 3.19. The van der Waals surface area contributed by atoms with Crippen molar-refractivity contribution in [1.82, 2.24) is 14.5 Å². The van der Waals surface area contributed by atoms with E-state index in [1.807, 2.05) is 47.2 Å². The Kier molecular flexibility index (Phi) is 6.38. The monoisotopic (exact) mass is 414 g/mol. The minimum Gasteiger partial charge on any atom is -0.444 e. The Morgan fingerprint density at radius 1 is 1.19 bits per heavy atom. The van der Waals surface area contributed by atoms with Crippen molar-refractivity contribution in [2.45, 2.75) is 19.6 Å². The number of pyridine rings is 1. The van der Waals surface area contributed by atoms with Crippen LogP contribution in [0.2, 0.25) is 0 Å². The van der Waals surface area contributed by atoms with Crippen molar-refractivity contribution in [2.75, 3.05) is 11.4 Å². The van der Waals surface area contributed by atoms with Gasteiger partial charge in [-0.1, -0.05) is 30.3 Å². The molecule has 2 aromatic heterocycles. The number of imidazole rings is 1. The number of halogens is 1. The molecule has 0 aliphatic rings. The van der Waals surface area contributed by atoms with Crippen LogP contribution in [-0.4, -0.2) is 27.2 Å². The maximum atomic E-state index is 12.6. The number of nitrogens with zero attached hydrogens (tertiary/aromatic N) is 4. The molecule has 0 saturated carbocycles. The summed E-state index contributed by atoms with van der Waals surface area (Å²) in [6.07, 6.45) is 7.42. The van der Waals surface area contributed by atoms with Crippen LogP contribution in [-0.2, 0) is 17.9 Å². The molecule has 1 amide bonds. The normalized spacial score (nSPS) is 10.5. The molecule has 0 saturated heterocycles. The van der Waals surface area contributed by atoms with Crippen LogP contribution in [0.5, 0.6) is 0 Å². The predicted octanol–water partition coefficient (Wildman–Crippen LogP) is 4.27. The standard InChI is InChI=1S/C19H19BrN4O2/c20-17-7-8-18(22-13-17)24(11-4-10-23-12-9-21-15-23)19(25)26-14-16-5-2-1-3-6-16/h1-3,5-9,12-13,15H,4,10-11,14H2. The second kappa shape index (κ2) is 9.15. The summed E-state index contributed by atoms with van der Waals surface area (Å²) in [4.78, 5) is 22.5. The van der Waals surface area contributed by atoms with Crippen LogP contribution in [0.3, 0.4) is 0 Å². The third-order valence-electron chi connectivity index (χ3n) is 3.77. The van der Waals surface area contributed by atoms with E-state index in [1.165, 1.54) is 0 Å². The maximum Gasteiger partial charge on any atom is 0.415 e. The number of carbonyl (C=O) groups is 1. The van der Waals surface area contributed by atoms with Crippen LogP contribution in [0, 0.1) is 0 Å². The highest BCUT2D eigenvalue weighted by Gasteiger charge is 2.18. The molecule has 0 N–H and O–H groups in total. The number of aromatic nitrogens is 3. The van der Waals surface area contributed by atoms with Gasteiger partial charge in [-0.25, -0.2) is 14.8 Å². The highest BCUT2D eigenvalue weighted by molar-refractivity contribution is 9.10. The minimum absolute atomic E-state index is 0.230. The fourth-order valence-corrected chi connectivity index (χ4v) is 2.69. The highest BCUT2D eigenvalue weighted by Crippen LogP contribution is 2.17.